The number of amides is 1. The number of para-hydroxylation sites is 1. The lowest BCUT2D eigenvalue weighted by molar-refractivity contribution is -0.119. The molecule has 0 radical (unpaired) electrons. The van der Waals surface area contributed by atoms with Crippen LogP contribution in [-0.4, -0.2) is 19.0 Å². The Morgan fingerprint density at radius 3 is 2.33 bits per heavy atom. The van der Waals surface area contributed by atoms with Gasteiger partial charge in [-0.2, -0.15) is 0 Å². The molecule has 0 fully saturated rings. The second kappa shape index (κ2) is 7.38. The van der Waals surface area contributed by atoms with E-state index < -0.39 is 11.6 Å². The van der Waals surface area contributed by atoms with Gasteiger partial charge in [-0.1, -0.05) is 18.2 Å². The summed E-state index contributed by atoms with van der Waals surface area (Å²) in [5.74, 6) is -1.39. The van der Waals surface area contributed by atoms with E-state index in [1.807, 2.05) is 30.3 Å². The number of hydrogen-bond donors (Lipinski definition) is 2. The summed E-state index contributed by atoms with van der Waals surface area (Å²) in [4.78, 5) is 11.6. The monoisotopic (exact) mass is 290 g/mol. The molecule has 0 atom stereocenters. The van der Waals surface area contributed by atoms with E-state index in [-0.39, 0.29) is 12.5 Å². The molecule has 2 rings (SSSR count). The predicted octanol–water partition coefficient (Wildman–Crippen LogP) is 2.74. The first-order chi connectivity index (χ1) is 10.1. The summed E-state index contributed by atoms with van der Waals surface area (Å²) in [6, 6.07) is 12.7. The Morgan fingerprint density at radius 1 is 1.00 bits per heavy atom. The Morgan fingerprint density at radius 2 is 1.67 bits per heavy atom. The van der Waals surface area contributed by atoms with Crippen molar-refractivity contribution in [1.29, 1.82) is 0 Å². The molecule has 1 amide bonds. The van der Waals surface area contributed by atoms with E-state index in [1.54, 1.807) is 0 Å². The number of nitrogens with one attached hydrogen (secondary N) is 2. The Labute approximate surface area is 122 Å². The van der Waals surface area contributed by atoms with Crippen LogP contribution in [0, 0.1) is 11.6 Å². The number of anilines is 1. The van der Waals surface area contributed by atoms with Crippen LogP contribution in [0.1, 0.15) is 5.56 Å². The Kier molecular flexibility index (Phi) is 5.26. The van der Waals surface area contributed by atoms with Gasteiger partial charge in [0.25, 0.3) is 0 Å². The minimum absolute atomic E-state index is 0.154. The van der Waals surface area contributed by atoms with Crippen molar-refractivity contribution in [3.63, 3.8) is 0 Å². The zero-order valence-corrected chi connectivity index (χ0v) is 11.4. The highest BCUT2D eigenvalue weighted by molar-refractivity contribution is 5.80. The summed E-state index contributed by atoms with van der Waals surface area (Å²) in [7, 11) is 0. The summed E-state index contributed by atoms with van der Waals surface area (Å²) in [6.07, 6.45) is 0.381. The predicted molar refractivity (Wildman–Crippen MR) is 78.0 cm³/mol. The van der Waals surface area contributed by atoms with Crippen LogP contribution in [-0.2, 0) is 11.2 Å². The van der Waals surface area contributed by atoms with Gasteiger partial charge in [-0.05, 0) is 36.2 Å². The van der Waals surface area contributed by atoms with Crippen molar-refractivity contribution >= 4 is 11.6 Å². The molecule has 0 saturated heterocycles. The first-order valence-corrected chi connectivity index (χ1v) is 6.64. The molecule has 0 saturated carbocycles. The molecular weight excluding hydrogens is 274 g/mol. The maximum Gasteiger partial charge on any atom is 0.239 e. The van der Waals surface area contributed by atoms with Gasteiger partial charge in [0.15, 0.2) is 0 Å². The fourth-order valence-corrected chi connectivity index (χ4v) is 1.90. The van der Waals surface area contributed by atoms with Crippen LogP contribution >= 0.6 is 0 Å². The highest BCUT2D eigenvalue weighted by Gasteiger charge is 2.03. The van der Waals surface area contributed by atoms with Crippen LogP contribution in [0.15, 0.2) is 48.5 Å². The zero-order valence-electron chi connectivity index (χ0n) is 11.4. The molecule has 0 aliphatic carbocycles. The summed E-state index contributed by atoms with van der Waals surface area (Å²) in [5, 5.41) is 5.67. The third kappa shape index (κ3) is 5.22. The average Bonchev–Trinajstić information content (AvgIpc) is 2.45. The van der Waals surface area contributed by atoms with Crippen LogP contribution in [0.5, 0.6) is 0 Å². The normalized spacial score (nSPS) is 10.2. The van der Waals surface area contributed by atoms with Crippen molar-refractivity contribution in [3.05, 3.63) is 65.7 Å². The molecule has 0 bridgehead atoms. The molecule has 0 heterocycles. The molecule has 0 aliphatic heterocycles. The van der Waals surface area contributed by atoms with Crippen molar-refractivity contribution in [1.82, 2.24) is 5.32 Å². The zero-order chi connectivity index (χ0) is 15.1. The van der Waals surface area contributed by atoms with Gasteiger partial charge in [0, 0.05) is 18.3 Å². The molecule has 0 aromatic heterocycles. The molecule has 2 N–H and O–H groups in total. The maximum atomic E-state index is 13.0. The van der Waals surface area contributed by atoms with E-state index >= 15 is 0 Å². The Hall–Kier alpha value is -2.43. The number of hydrogen-bond acceptors (Lipinski definition) is 2. The van der Waals surface area contributed by atoms with Gasteiger partial charge in [-0.3, -0.25) is 4.79 Å². The molecule has 0 unspecified atom stereocenters. The van der Waals surface area contributed by atoms with Gasteiger partial charge in [0.2, 0.25) is 5.91 Å². The minimum Gasteiger partial charge on any atom is -0.376 e. The molecule has 0 aliphatic rings. The minimum atomic E-state index is -0.609. The van der Waals surface area contributed by atoms with Crippen molar-refractivity contribution < 1.29 is 13.6 Å². The molecule has 0 spiro atoms. The first kappa shape index (κ1) is 15.0. The summed E-state index contributed by atoms with van der Waals surface area (Å²) >= 11 is 0. The largest absolute Gasteiger partial charge is 0.376 e. The van der Waals surface area contributed by atoms with Gasteiger partial charge >= 0.3 is 0 Å². The van der Waals surface area contributed by atoms with Gasteiger partial charge in [-0.25, -0.2) is 8.78 Å². The lowest BCUT2D eigenvalue weighted by Crippen LogP contribution is -2.31. The highest BCUT2D eigenvalue weighted by atomic mass is 19.1. The molecule has 2 aromatic rings. The van der Waals surface area contributed by atoms with E-state index in [0.717, 1.165) is 11.8 Å². The van der Waals surface area contributed by atoms with Crippen molar-refractivity contribution in [2.75, 3.05) is 18.4 Å². The molecule has 110 valence electrons. The Bertz CT molecular complexity index is 582. The number of carbonyl (C=O) groups is 1. The fourth-order valence-electron chi connectivity index (χ4n) is 1.90. The van der Waals surface area contributed by atoms with Crippen molar-refractivity contribution in [2.24, 2.45) is 0 Å². The lowest BCUT2D eigenvalue weighted by atomic mass is 10.1. The van der Waals surface area contributed by atoms with Gasteiger partial charge in [0.05, 0.1) is 6.54 Å². The second-order valence-electron chi connectivity index (χ2n) is 4.60. The van der Waals surface area contributed by atoms with E-state index in [9.17, 15) is 13.6 Å². The number of rotatable bonds is 6. The van der Waals surface area contributed by atoms with E-state index in [2.05, 4.69) is 10.6 Å². The number of carbonyl (C=O) groups excluding carboxylic acids is 1. The summed E-state index contributed by atoms with van der Waals surface area (Å²) in [6.45, 7) is 0.486. The van der Waals surface area contributed by atoms with Crippen molar-refractivity contribution in [2.45, 2.75) is 6.42 Å². The lowest BCUT2D eigenvalue weighted by Gasteiger charge is -2.08. The van der Waals surface area contributed by atoms with Crippen LogP contribution in [0.3, 0.4) is 0 Å². The average molecular weight is 290 g/mol. The molecule has 21 heavy (non-hydrogen) atoms. The fraction of sp³-hybridized carbons (Fsp3) is 0.188. The number of benzene rings is 2. The van der Waals surface area contributed by atoms with Crippen LogP contribution in [0.25, 0.3) is 0 Å². The van der Waals surface area contributed by atoms with E-state index in [4.69, 9.17) is 0 Å². The highest BCUT2D eigenvalue weighted by Crippen LogP contribution is 2.08. The smallest absolute Gasteiger partial charge is 0.239 e. The van der Waals surface area contributed by atoms with E-state index in [1.165, 1.54) is 12.1 Å². The summed E-state index contributed by atoms with van der Waals surface area (Å²) < 4.78 is 26.0. The SMILES string of the molecule is O=C(CNc1ccccc1)NCCc1cc(F)cc(F)c1. The standard InChI is InChI=1S/C16H16F2N2O/c17-13-8-12(9-14(18)10-13)6-7-19-16(21)11-20-15-4-2-1-3-5-15/h1-5,8-10,20H,6-7,11H2,(H,19,21). The quantitative estimate of drug-likeness (QED) is 0.859. The molecule has 5 heteroatoms. The first-order valence-electron chi connectivity index (χ1n) is 6.64. The van der Waals surface area contributed by atoms with Gasteiger partial charge in [-0.15, -0.1) is 0 Å². The third-order valence-electron chi connectivity index (χ3n) is 2.89. The third-order valence-corrected chi connectivity index (χ3v) is 2.89. The molecular formula is C16H16F2N2O. The number of halogens is 2. The maximum absolute atomic E-state index is 13.0. The topological polar surface area (TPSA) is 41.1 Å². The van der Waals surface area contributed by atoms with Gasteiger partial charge in [0.1, 0.15) is 11.6 Å². The molecule has 2 aromatic carbocycles. The van der Waals surface area contributed by atoms with Crippen LogP contribution < -0.4 is 10.6 Å². The van der Waals surface area contributed by atoms with Crippen molar-refractivity contribution in [3.8, 4) is 0 Å². The van der Waals surface area contributed by atoms with Crippen LogP contribution in [0.2, 0.25) is 0 Å². The van der Waals surface area contributed by atoms with E-state index in [0.29, 0.717) is 18.5 Å². The summed E-state index contributed by atoms with van der Waals surface area (Å²) in [5.41, 5.74) is 1.38. The molecule has 3 nitrogen and oxygen atoms in total. The Balaban J connectivity index is 1.72. The van der Waals surface area contributed by atoms with Gasteiger partial charge < -0.3 is 10.6 Å². The second-order valence-corrected chi connectivity index (χ2v) is 4.60. The van der Waals surface area contributed by atoms with Crippen LogP contribution in [0.4, 0.5) is 14.5 Å².